The molecule has 0 bridgehead atoms. The van der Waals surface area contributed by atoms with Gasteiger partial charge in [0, 0.05) is 11.0 Å². The van der Waals surface area contributed by atoms with Gasteiger partial charge in [0.15, 0.2) is 0 Å². The van der Waals surface area contributed by atoms with Gasteiger partial charge in [-0.25, -0.2) is 0 Å². The van der Waals surface area contributed by atoms with Crippen LogP contribution in [0.4, 0.5) is 5.69 Å². The highest BCUT2D eigenvalue weighted by atomic mass is 79.9. The smallest absolute Gasteiger partial charge is 0.101 e. The summed E-state index contributed by atoms with van der Waals surface area (Å²) in [7, 11) is 0. The number of nitrogens with zero attached hydrogens (tertiary/aromatic N) is 2. The third-order valence-corrected chi connectivity index (χ3v) is 3.51. The second-order valence-corrected chi connectivity index (χ2v) is 5.35. The molecule has 1 unspecified atom stereocenters. The van der Waals surface area contributed by atoms with E-state index in [1.165, 1.54) is 0 Å². The second-order valence-electron chi connectivity index (χ2n) is 4.43. The van der Waals surface area contributed by atoms with Crippen LogP contribution in [0.25, 0.3) is 0 Å². The highest BCUT2D eigenvalue weighted by Crippen LogP contribution is 2.21. The molecule has 2 aromatic carbocycles. The van der Waals surface area contributed by atoms with Crippen LogP contribution in [-0.4, -0.2) is 11.7 Å². The van der Waals surface area contributed by atoms with Gasteiger partial charge >= 0.3 is 0 Å². The zero-order valence-electron chi connectivity index (χ0n) is 11.0. The summed E-state index contributed by atoms with van der Waals surface area (Å²) >= 11 is 3.31. The molecular formula is C16H12BrN3O. The molecule has 104 valence electrons. The highest BCUT2D eigenvalue weighted by molar-refractivity contribution is 9.10. The third kappa shape index (κ3) is 3.82. The van der Waals surface area contributed by atoms with Crippen molar-refractivity contribution in [3.05, 3.63) is 63.6 Å². The molecule has 1 atom stereocenters. The van der Waals surface area contributed by atoms with Crippen molar-refractivity contribution in [2.75, 3.05) is 11.9 Å². The van der Waals surface area contributed by atoms with Crippen molar-refractivity contribution in [3.8, 4) is 12.1 Å². The van der Waals surface area contributed by atoms with Gasteiger partial charge in [-0.05, 0) is 35.9 Å². The standard InChI is InChI=1S/C16H12BrN3O/c17-14-5-6-15(13(7-14)9-19)20-10-16(21)12-3-1-11(8-18)2-4-12/h1-7,16,20-21H,10H2. The topological polar surface area (TPSA) is 79.8 Å². The Balaban J connectivity index is 2.05. The van der Waals surface area contributed by atoms with Crippen molar-refractivity contribution in [2.45, 2.75) is 6.10 Å². The number of benzene rings is 2. The fourth-order valence-electron chi connectivity index (χ4n) is 1.87. The largest absolute Gasteiger partial charge is 0.387 e. The summed E-state index contributed by atoms with van der Waals surface area (Å²) in [6.07, 6.45) is -0.715. The maximum Gasteiger partial charge on any atom is 0.101 e. The molecule has 0 radical (unpaired) electrons. The fraction of sp³-hybridized carbons (Fsp3) is 0.125. The van der Waals surface area contributed by atoms with E-state index < -0.39 is 6.10 Å². The van der Waals surface area contributed by atoms with Crippen molar-refractivity contribution in [1.82, 2.24) is 0 Å². The van der Waals surface area contributed by atoms with Crippen molar-refractivity contribution in [2.24, 2.45) is 0 Å². The summed E-state index contributed by atoms with van der Waals surface area (Å²) in [4.78, 5) is 0. The first-order chi connectivity index (χ1) is 10.1. The number of halogens is 1. The monoisotopic (exact) mass is 341 g/mol. The SMILES string of the molecule is N#Cc1ccc(C(O)CNc2ccc(Br)cc2C#N)cc1. The van der Waals surface area contributed by atoms with Crippen LogP contribution >= 0.6 is 15.9 Å². The average molecular weight is 342 g/mol. The van der Waals surface area contributed by atoms with Gasteiger partial charge in [0.1, 0.15) is 6.07 Å². The first-order valence-electron chi connectivity index (χ1n) is 6.25. The predicted octanol–water partition coefficient (Wildman–Crippen LogP) is 3.34. The number of aliphatic hydroxyl groups excluding tert-OH is 1. The molecule has 0 aliphatic carbocycles. The Kier molecular flexibility index (Phi) is 4.94. The van der Waals surface area contributed by atoms with Crippen molar-refractivity contribution < 1.29 is 5.11 Å². The van der Waals surface area contributed by atoms with E-state index >= 15 is 0 Å². The van der Waals surface area contributed by atoms with Crippen LogP contribution in [0.1, 0.15) is 22.8 Å². The molecule has 0 amide bonds. The van der Waals surface area contributed by atoms with E-state index in [9.17, 15) is 5.11 Å². The average Bonchev–Trinajstić information content (AvgIpc) is 2.53. The summed E-state index contributed by atoms with van der Waals surface area (Å²) in [5, 5.41) is 31.0. The van der Waals surface area contributed by atoms with Gasteiger partial charge in [-0.2, -0.15) is 10.5 Å². The Bertz CT molecular complexity index is 714. The number of nitrogens with one attached hydrogen (secondary N) is 1. The summed E-state index contributed by atoms with van der Waals surface area (Å²) < 4.78 is 0.831. The minimum absolute atomic E-state index is 0.280. The summed E-state index contributed by atoms with van der Waals surface area (Å²) in [6, 6.07) is 16.2. The lowest BCUT2D eigenvalue weighted by Crippen LogP contribution is -2.12. The molecule has 0 spiro atoms. The van der Waals surface area contributed by atoms with Crippen LogP contribution < -0.4 is 5.32 Å². The van der Waals surface area contributed by atoms with E-state index in [1.54, 1.807) is 36.4 Å². The Morgan fingerprint density at radius 1 is 1.10 bits per heavy atom. The maximum atomic E-state index is 10.1. The van der Waals surface area contributed by atoms with Gasteiger partial charge in [-0.1, -0.05) is 28.1 Å². The molecule has 0 aliphatic heterocycles. The molecular weight excluding hydrogens is 330 g/mol. The first kappa shape index (κ1) is 15.1. The number of anilines is 1. The predicted molar refractivity (Wildman–Crippen MR) is 83.5 cm³/mol. The van der Waals surface area contributed by atoms with Crippen LogP contribution in [0, 0.1) is 22.7 Å². The van der Waals surface area contributed by atoms with Crippen LogP contribution in [0.3, 0.4) is 0 Å². The Hall–Kier alpha value is -2.34. The van der Waals surface area contributed by atoms with E-state index in [-0.39, 0.29) is 6.54 Å². The lowest BCUT2D eigenvalue weighted by molar-refractivity contribution is 0.191. The van der Waals surface area contributed by atoms with Gasteiger partial charge in [-0.15, -0.1) is 0 Å². The Morgan fingerprint density at radius 2 is 1.81 bits per heavy atom. The summed E-state index contributed by atoms with van der Waals surface area (Å²) in [6.45, 7) is 0.280. The van der Waals surface area contributed by atoms with Crippen LogP contribution in [-0.2, 0) is 0 Å². The lowest BCUT2D eigenvalue weighted by Gasteiger charge is -2.14. The molecule has 0 aliphatic rings. The van der Waals surface area contributed by atoms with Gasteiger partial charge < -0.3 is 10.4 Å². The quantitative estimate of drug-likeness (QED) is 0.893. The minimum Gasteiger partial charge on any atom is -0.387 e. The molecule has 0 fully saturated rings. The number of hydrogen-bond donors (Lipinski definition) is 2. The number of nitriles is 2. The molecule has 0 aromatic heterocycles. The number of rotatable bonds is 4. The van der Waals surface area contributed by atoms with Gasteiger partial charge in [0.05, 0.1) is 29.0 Å². The van der Waals surface area contributed by atoms with Gasteiger partial charge in [0.2, 0.25) is 0 Å². The lowest BCUT2D eigenvalue weighted by atomic mass is 10.1. The molecule has 5 heteroatoms. The fourth-order valence-corrected chi connectivity index (χ4v) is 2.23. The number of aliphatic hydroxyl groups is 1. The highest BCUT2D eigenvalue weighted by Gasteiger charge is 2.09. The molecule has 2 rings (SSSR count). The van der Waals surface area contributed by atoms with E-state index in [2.05, 4.69) is 27.3 Å². The molecule has 0 heterocycles. The molecule has 2 aromatic rings. The van der Waals surface area contributed by atoms with Gasteiger partial charge in [0.25, 0.3) is 0 Å². The summed E-state index contributed by atoms with van der Waals surface area (Å²) in [5.74, 6) is 0. The normalized spacial score (nSPS) is 11.2. The van der Waals surface area contributed by atoms with Crippen molar-refractivity contribution >= 4 is 21.6 Å². The van der Waals surface area contributed by atoms with E-state index in [0.717, 1.165) is 10.0 Å². The molecule has 2 N–H and O–H groups in total. The molecule has 21 heavy (non-hydrogen) atoms. The van der Waals surface area contributed by atoms with Gasteiger partial charge in [-0.3, -0.25) is 0 Å². The van der Waals surface area contributed by atoms with Crippen LogP contribution in [0.5, 0.6) is 0 Å². The van der Waals surface area contributed by atoms with Crippen molar-refractivity contribution in [1.29, 1.82) is 10.5 Å². The summed E-state index contributed by atoms with van der Waals surface area (Å²) in [5.41, 5.74) is 2.46. The van der Waals surface area contributed by atoms with E-state index in [0.29, 0.717) is 16.8 Å². The minimum atomic E-state index is -0.715. The Morgan fingerprint density at radius 3 is 2.43 bits per heavy atom. The molecule has 0 saturated heterocycles. The van der Waals surface area contributed by atoms with Crippen LogP contribution in [0.2, 0.25) is 0 Å². The zero-order chi connectivity index (χ0) is 15.2. The maximum absolute atomic E-state index is 10.1. The zero-order valence-corrected chi connectivity index (χ0v) is 12.6. The Labute approximate surface area is 131 Å². The molecule has 4 nitrogen and oxygen atoms in total. The van der Waals surface area contributed by atoms with Crippen LogP contribution in [0.15, 0.2) is 46.9 Å². The van der Waals surface area contributed by atoms with E-state index in [4.69, 9.17) is 10.5 Å². The van der Waals surface area contributed by atoms with E-state index in [1.807, 2.05) is 12.1 Å². The second kappa shape index (κ2) is 6.90. The first-order valence-corrected chi connectivity index (χ1v) is 7.05. The molecule has 0 saturated carbocycles. The number of hydrogen-bond acceptors (Lipinski definition) is 4. The third-order valence-electron chi connectivity index (χ3n) is 3.01. The van der Waals surface area contributed by atoms with Crippen molar-refractivity contribution in [3.63, 3.8) is 0 Å².